The molecule has 18 heavy (non-hydrogen) atoms. The average Bonchev–Trinajstić information content (AvgIpc) is 2.33. The summed E-state index contributed by atoms with van der Waals surface area (Å²) in [5, 5.41) is 0. The molecule has 0 aliphatic carbocycles. The lowest BCUT2D eigenvalue weighted by Gasteiger charge is -2.28. The molecular formula is C14H23FN2O. The Morgan fingerprint density at radius 1 is 1.44 bits per heavy atom. The Hall–Kier alpha value is -0.970. The quantitative estimate of drug-likeness (QED) is 0.757. The van der Waals surface area contributed by atoms with Crippen LogP contribution in [0, 0.1) is 12.7 Å². The van der Waals surface area contributed by atoms with E-state index in [0.29, 0.717) is 6.54 Å². The summed E-state index contributed by atoms with van der Waals surface area (Å²) in [4.78, 5) is 2.19. The second-order valence-corrected chi connectivity index (χ2v) is 4.58. The second kappa shape index (κ2) is 7.46. The molecule has 0 radical (unpaired) electrons. The van der Waals surface area contributed by atoms with E-state index < -0.39 is 0 Å². The van der Waals surface area contributed by atoms with Gasteiger partial charge in [0.25, 0.3) is 0 Å². The highest BCUT2D eigenvalue weighted by Gasteiger charge is 2.17. The molecule has 2 N–H and O–H groups in total. The number of likely N-dealkylation sites (N-methyl/N-ethyl adjacent to an activating group) is 1. The van der Waals surface area contributed by atoms with Gasteiger partial charge in [0.15, 0.2) is 0 Å². The molecule has 0 bridgehead atoms. The molecule has 0 amide bonds. The number of benzene rings is 1. The minimum atomic E-state index is -0.200. The Kier molecular flexibility index (Phi) is 6.25. The molecule has 1 atom stereocenters. The molecule has 1 unspecified atom stereocenters. The molecule has 0 aromatic heterocycles. The number of nitrogens with two attached hydrogens (primary N) is 1. The van der Waals surface area contributed by atoms with Crippen molar-refractivity contribution >= 4 is 0 Å². The molecule has 1 aromatic carbocycles. The van der Waals surface area contributed by atoms with Crippen LogP contribution in [0.2, 0.25) is 0 Å². The van der Waals surface area contributed by atoms with E-state index in [2.05, 4.69) is 4.90 Å². The summed E-state index contributed by atoms with van der Waals surface area (Å²) in [6, 6.07) is 5.01. The largest absolute Gasteiger partial charge is 0.385 e. The molecule has 0 aliphatic heterocycles. The van der Waals surface area contributed by atoms with Crippen LogP contribution < -0.4 is 5.73 Å². The Balaban J connectivity index is 2.75. The normalized spacial score (nSPS) is 13.0. The lowest BCUT2D eigenvalue weighted by Crippen LogP contribution is -2.32. The monoisotopic (exact) mass is 254 g/mol. The highest BCUT2D eigenvalue weighted by molar-refractivity contribution is 5.29. The third-order valence-corrected chi connectivity index (χ3v) is 3.21. The van der Waals surface area contributed by atoms with E-state index in [9.17, 15) is 4.39 Å². The molecule has 102 valence electrons. The molecule has 1 rings (SSSR count). The van der Waals surface area contributed by atoms with E-state index in [0.717, 1.165) is 30.7 Å². The zero-order valence-electron chi connectivity index (χ0n) is 11.4. The van der Waals surface area contributed by atoms with Gasteiger partial charge in [-0.15, -0.1) is 0 Å². The first-order chi connectivity index (χ1) is 8.60. The second-order valence-electron chi connectivity index (χ2n) is 4.58. The van der Waals surface area contributed by atoms with Gasteiger partial charge in [0.2, 0.25) is 0 Å². The summed E-state index contributed by atoms with van der Waals surface area (Å²) in [5.74, 6) is -0.200. The predicted molar refractivity (Wildman–Crippen MR) is 72.1 cm³/mol. The minimum Gasteiger partial charge on any atom is -0.385 e. The molecule has 0 saturated carbocycles. The third-order valence-electron chi connectivity index (χ3n) is 3.21. The summed E-state index contributed by atoms with van der Waals surface area (Å²) < 4.78 is 18.1. The molecule has 1 aromatic rings. The van der Waals surface area contributed by atoms with Crippen molar-refractivity contribution < 1.29 is 9.13 Å². The van der Waals surface area contributed by atoms with Gasteiger partial charge in [-0.25, -0.2) is 4.39 Å². The van der Waals surface area contributed by atoms with Crippen molar-refractivity contribution in [3.8, 4) is 0 Å². The van der Waals surface area contributed by atoms with Crippen LogP contribution in [0.15, 0.2) is 18.2 Å². The van der Waals surface area contributed by atoms with Crippen molar-refractivity contribution in [1.29, 1.82) is 0 Å². The average molecular weight is 254 g/mol. The van der Waals surface area contributed by atoms with Crippen LogP contribution in [0.5, 0.6) is 0 Å². The highest BCUT2D eigenvalue weighted by atomic mass is 19.1. The summed E-state index contributed by atoms with van der Waals surface area (Å²) in [7, 11) is 3.74. The fraction of sp³-hybridized carbons (Fsp3) is 0.571. The Morgan fingerprint density at radius 3 is 2.72 bits per heavy atom. The van der Waals surface area contributed by atoms with E-state index in [4.69, 9.17) is 10.5 Å². The lowest BCUT2D eigenvalue weighted by molar-refractivity contribution is 0.166. The number of aryl methyl sites for hydroxylation is 1. The molecule has 4 heteroatoms. The van der Waals surface area contributed by atoms with Crippen molar-refractivity contribution in [2.24, 2.45) is 5.73 Å². The van der Waals surface area contributed by atoms with Gasteiger partial charge in [0, 0.05) is 32.8 Å². The number of methoxy groups -OCH3 is 1. The SMILES string of the molecule is COCCCN(C)C(CN)c1ccc(F)cc1C. The van der Waals surface area contributed by atoms with Crippen LogP contribution >= 0.6 is 0 Å². The van der Waals surface area contributed by atoms with Crippen molar-refractivity contribution in [3.63, 3.8) is 0 Å². The summed E-state index contributed by atoms with van der Waals surface area (Å²) in [5.41, 5.74) is 7.89. The van der Waals surface area contributed by atoms with Gasteiger partial charge >= 0.3 is 0 Å². The van der Waals surface area contributed by atoms with Crippen molar-refractivity contribution in [3.05, 3.63) is 35.1 Å². The standard InChI is InChI=1S/C14H23FN2O/c1-11-9-12(15)5-6-13(11)14(10-16)17(2)7-4-8-18-3/h5-6,9,14H,4,7-8,10,16H2,1-3H3. The first kappa shape index (κ1) is 15.1. The van der Waals surface area contributed by atoms with Gasteiger partial charge < -0.3 is 10.5 Å². The Bertz CT molecular complexity index is 371. The van der Waals surface area contributed by atoms with Crippen molar-refractivity contribution in [2.75, 3.05) is 33.9 Å². The number of halogens is 1. The fourth-order valence-corrected chi connectivity index (χ4v) is 2.17. The molecule has 0 aliphatic rings. The van der Waals surface area contributed by atoms with Crippen LogP contribution in [0.1, 0.15) is 23.6 Å². The predicted octanol–water partition coefficient (Wildman–Crippen LogP) is 2.10. The van der Waals surface area contributed by atoms with Gasteiger partial charge in [-0.1, -0.05) is 6.07 Å². The van der Waals surface area contributed by atoms with Gasteiger partial charge in [-0.2, -0.15) is 0 Å². The smallest absolute Gasteiger partial charge is 0.123 e. The topological polar surface area (TPSA) is 38.5 Å². The van der Waals surface area contributed by atoms with Crippen LogP contribution in [0.4, 0.5) is 4.39 Å². The van der Waals surface area contributed by atoms with E-state index >= 15 is 0 Å². The number of ether oxygens (including phenoxy) is 1. The summed E-state index contributed by atoms with van der Waals surface area (Å²) >= 11 is 0. The van der Waals surface area contributed by atoms with Crippen LogP contribution in [0.25, 0.3) is 0 Å². The minimum absolute atomic E-state index is 0.127. The zero-order chi connectivity index (χ0) is 13.5. The van der Waals surface area contributed by atoms with Crippen LogP contribution in [-0.2, 0) is 4.74 Å². The van der Waals surface area contributed by atoms with Crippen molar-refractivity contribution in [1.82, 2.24) is 4.90 Å². The number of rotatable bonds is 7. The fourth-order valence-electron chi connectivity index (χ4n) is 2.17. The van der Waals surface area contributed by atoms with E-state index in [-0.39, 0.29) is 11.9 Å². The van der Waals surface area contributed by atoms with E-state index in [1.165, 1.54) is 6.07 Å². The maximum Gasteiger partial charge on any atom is 0.123 e. The lowest BCUT2D eigenvalue weighted by atomic mass is 10.00. The number of hydrogen-bond donors (Lipinski definition) is 1. The first-order valence-electron chi connectivity index (χ1n) is 6.25. The van der Waals surface area contributed by atoms with Gasteiger partial charge in [0.05, 0.1) is 0 Å². The molecule has 3 nitrogen and oxygen atoms in total. The van der Waals surface area contributed by atoms with Crippen LogP contribution in [-0.4, -0.2) is 38.8 Å². The maximum atomic E-state index is 13.1. The third kappa shape index (κ3) is 4.05. The maximum absolute atomic E-state index is 13.1. The summed E-state index contributed by atoms with van der Waals surface area (Å²) in [6.07, 6.45) is 0.962. The summed E-state index contributed by atoms with van der Waals surface area (Å²) in [6.45, 7) is 4.09. The number of hydrogen-bond acceptors (Lipinski definition) is 3. The van der Waals surface area contributed by atoms with E-state index in [1.807, 2.05) is 20.0 Å². The first-order valence-corrected chi connectivity index (χ1v) is 6.25. The van der Waals surface area contributed by atoms with Crippen LogP contribution in [0.3, 0.4) is 0 Å². The molecule has 0 saturated heterocycles. The van der Waals surface area contributed by atoms with E-state index in [1.54, 1.807) is 13.2 Å². The molecule has 0 spiro atoms. The van der Waals surface area contributed by atoms with Gasteiger partial charge in [0.1, 0.15) is 5.82 Å². The van der Waals surface area contributed by atoms with Gasteiger partial charge in [-0.3, -0.25) is 4.90 Å². The highest BCUT2D eigenvalue weighted by Crippen LogP contribution is 2.22. The van der Waals surface area contributed by atoms with Gasteiger partial charge in [-0.05, 0) is 43.7 Å². The number of nitrogens with zero attached hydrogens (tertiary/aromatic N) is 1. The molecule has 0 heterocycles. The molecule has 0 fully saturated rings. The zero-order valence-corrected chi connectivity index (χ0v) is 11.4. The molecular weight excluding hydrogens is 231 g/mol. The van der Waals surface area contributed by atoms with Crippen molar-refractivity contribution in [2.45, 2.75) is 19.4 Å². The Morgan fingerprint density at radius 2 is 2.17 bits per heavy atom. The Labute approximate surface area is 109 Å².